The molecule has 0 aliphatic carbocycles. The van der Waals surface area contributed by atoms with E-state index in [0.717, 1.165) is 42.6 Å². The summed E-state index contributed by atoms with van der Waals surface area (Å²) in [7, 11) is 0. The van der Waals surface area contributed by atoms with Crippen molar-refractivity contribution in [3.8, 4) is 5.75 Å². The molecule has 2 aromatic rings. The van der Waals surface area contributed by atoms with Crippen molar-refractivity contribution in [2.75, 3.05) is 13.1 Å². The number of aromatic nitrogens is 1. The highest BCUT2D eigenvalue weighted by Gasteiger charge is 2.22. The maximum Gasteiger partial charge on any atom is 0.134 e. The molecule has 0 radical (unpaired) electrons. The number of fused-ring (bicyclic) bond motifs is 1. The van der Waals surface area contributed by atoms with Crippen molar-refractivity contribution >= 4 is 16.7 Å². The Morgan fingerprint density at radius 1 is 1.26 bits per heavy atom. The summed E-state index contributed by atoms with van der Waals surface area (Å²) in [6, 6.07) is 10.2. The minimum atomic E-state index is -0.0101. The van der Waals surface area contributed by atoms with Gasteiger partial charge in [-0.3, -0.25) is 0 Å². The van der Waals surface area contributed by atoms with E-state index in [0.29, 0.717) is 11.7 Å². The fourth-order valence-electron chi connectivity index (χ4n) is 3.04. The Hall–Kier alpha value is -2.07. The number of rotatable bonds is 4. The van der Waals surface area contributed by atoms with Crippen LogP contribution in [0.2, 0.25) is 0 Å². The van der Waals surface area contributed by atoms with Crippen LogP contribution in [0.25, 0.3) is 16.7 Å². The van der Waals surface area contributed by atoms with Crippen LogP contribution in [0.15, 0.2) is 36.9 Å². The summed E-state index contributed by atoms with van der Waals surface area (Å²) in [5, 5.41) is 10.4. The van der Waals surface area contributed by atoms with Crippen LogP contribution >= 0.6 is 0 Å². The first-order valence-electron chi connectivity index (χ1n) is 8.22. The van der Waals surface area contributed by atoms with Crippen molar-refractivity contribution in [2.45, 2.75) is 38.8 Å². The Morgan fingerprint density at radius 2 is 2.00 bits per heavy atom. The van der Waals surface area contributed by atoms with Gasteiger partial charge in [-0.2, -0.15) is 0 Å². The standard InChI is InChI=1S/C19H24N2O2/c1-13(2)21-10-8-16(9-11-21)23-17-5-7-19-15(12-17)4-6-18(20-19)14(3)22/h4-7,12-13,16,22H,3,8-11H2,1-2H3. The minimum absolute atomic E-state index is 0.0101. The lowest BCUT2D eigenvalue weighted by atomic mass is 10.1. The smallest absolute Gasteiger partial charge is 0.134 e. The van der Waals surface area contributed by atoms with Crippen LogP contribution in [0.1, 0.15) is 32.4 Å². The molecule has 3 rings (SSSR count). The molecule has 122 valence electrons. The maximum absolute atomic E-state index is 9.43. The van der Waals surface area contributed by atoms with Crippen molar-refractivity contribution in [1.29, 1.82) is 0 Å². The number of pyridine rings is 1. The molecule has 0 bridgehead atoms. The number of aliphatic hydroxyl groups is 1. The highest BCUT2D eigenvalue weighted by atomic mass is 16.5. The summed E-state index contributed by atoms with van der Waals surface area (Å²) in [6.45, 7) is 10.2. The van der Waals surface area contributed by atoms with Gasteiger partial charge in [-0.15, -0.1) is 0 Å². The zero-order chi connectivity index (χ0) is 16.4. The minimum Gasteiger partial charge on any atom is -0.506 e. The van der Waals surface area contributed by atoms with E-state index in [-0.39, 0.29) is 11.9 Å². The Kier molecular flexibility index (Phi) is 4.53. The molecule has 4 nitrogen and oxygen atoms in total. The van der Waals surface area contributed by atoms with Crippen molar-refractivity contribution in [2.24, 2.45) is 0 Å². The van der Waals surface area contributed by atoms with E-state index in [9.17, 15) is 5.11 Å². The lowest BCUT2D eigenvalue weighted by molar-refractivity contribution is 0.0844. The van der Waals surface area contributed by atoms with Gasteiger partial charge in [0.05, 0.1) is 5.52 Å². The van der Waals surface area contributed by atoms with Gasteiger partial charge in [0.1, 0.15) is 23.3 Å². The molecule has 1 saturated heterocycles. The largest absolute Gasteiger partial charge is 0.506 e. The topological polar surface area (TPSA) is 45.6 Å². The van der Waals surface area contributed by atoms with Crippen LogP contribution in [-0.4, -0.2) is 40.2 Å². The molecule has 0 saturated carbocycles. The quantitative estimate of drug-likeness (QED) is 0.866. The number of likely N-dealkylation sites (tertiary alicyclic amines) is 1. The molecule has 0 unspecified atom stereocenters. The first-order chi connectivity index (χ1) is 11.0. The highest BCUT2D eigenvalue weighted by Crippen LogP contribution is 2.24. The molecule has 1 aromatic carbocycles. The van der Waals surface area contributed by atoms with Gasteiger partial charge in [-0.25, -0.2) is 4.98 Å². The van der Waals surface area contributed by atoms with Gasteiger partial charge >= 0.3 is 0 Å². The van der Waals surface area contributed by atoms with E-state index in [1.165, 1.54) is 0 Å². The van der Waals surface area contributed by atoms with Gasteiger partial charge in [0.25, 0.3) is 0 Å². The summed E-state index contributed by atoms with van der Waals surface area (Å²) < 4.78 is 6.15. The average Bonchev–Trinajstić information content (AvgIpc) is 2.54. The molecular formula is C19H24N2O2. The van der Waals surface area contributed by atoms with Gasteiger partial charge < -0.3 is 14.7 Å². The van der Waals surface area contributed by atoms with Crippen LogP contribution in [0, 0.1) is 0 Å². The lowest BCUT2D eigenvalue weighted by Gasteiger charge is -2.34. The molecule has 2 heterocycles. The van der Waals surface area contributed by atoms with Gasteiger partial charge in [-0.05, 0) is 51.0 Å². The Bertz CT molecular complexity index is 704. The molecule has 1 aliphatic heterocycles. The summed E-state index contributed by atoms with van der Waals surface area (Å²) in [5.74, 6) is 0.877. The number of ether oxygens (including phenoxy) is 1. The number of hydrogen-bond acceptors (Lipinski definition) is 4. The summed E-state index contributed by atoms with van der Waals surface area (Å²) in [5.41, 5.74) is 1.34. The Morgan fingerprint density at radius 3 is 2.65 bits per heavy atom. The number of nitrogens with zero attached hydrogens (tertiary/aromatic N) is 2. The van der Waals surface area contributed by atoms with Gasteiger partial charge in [0.2, 0.25) is 0 Å². The molecule has 1 fully saturated rings. The normalized spacial score (nSPS) is 16.8. The van der Waals surface area contributed by atoms with Gasteiger partial charge in [0.15, 0.2) is 0 Å². The third-order valence-electron chi connectivity index (χ3n) is 4.47. The molecule has 0 atom stereocenters. The molecule has 4 heteroatoms. The van der Waals surface area contributed by atoms with Crippen LogP contribution < -0.4 is 4.74 Å². The predicted octanol–water partition coefficient (Wildman–Crippen LogP) is 4.02. The Labute approximate surface area is 137 Å². The van der Waals surface area contributed by atoms with Gasteiger partial charge in [0, 0.05) is 24.5 Å². The second kappa shape index (κ2) is 6.59. The molecule has 23 heavy (non-hydrogen) atoms. The molecule has 1 aliphatic rings. The zero-order valence-corrected chi connectivity index (χ0v) is 13.8. The molecule has 1 N–H and O–H groups in total. The van der Waals surface area contributed by atoms with Crippen molar-refractivity contribution in [3.05, 3.63) is 42.6 Å². The molecule has 1 aromatic heterocycles. The molecular weight excluding hydrogens is 288 g/mol. The lowest BCUT2D eigenvalue weighted by Crippen LogP contribution is -2.41. The number of benzene rings is 1. The van der Waals surface area contributed by atoms with Crippen LogP contribution in [0.5, 0.6) is 5.75 Å². The van der Waals surface area contributed by atoms with E-state index < -0.39 is 0 Å². The monoisotopic (exact) mass is 312 g/mol. The third kappa shape index (κ3) is 3.64. The van der Waals surface area contributed by atoms with E-state index in [1.807, 2.05) is 24.3 Å². The van der Waals surface area contributed by atoms with Crippen molar-refractivity contribution in [1.82, 2.24) is 9.88 Å². The van der Waals surface area contributed by atoms with Crippen LogP contribution in [-0.2, 0) is 0 Å². The van der Waals surface area contributed by atoms with Gasteiger partial charge in [-0.1, -0.05) is 12.6 Å². The maximum atomic E-state index is 9.43. The number of hydrogen-bond donors (Lipinski definition) is 1. The molecule has 0 amide bonds. The molecule has 0 spiro atoms. The first-order valence-corrected chi connectivity index (χ1v) is 8.22. The second-order valence-corrected chi connectivity index (χ2v) is 6.44. The van der Waals surface area contributed by atoms with E-state index in [1.54, 1.807) is 6.07 Å². The summed E-state index contributed by atoms with van der Waals surface area (Å²) >= 11 is 0. The Balaban J connectivity index is 1.69. The second-order valence-electron chi connectivity index (χ2n) is 6.44. The predicted molar refractivity (Wildman–Crippen MR) is 93.8 cm³/mol. The SMILES string of the molecule is C=C(O)c1ccc2cc(OC3CCN(C(C)C)CC3)ccc2n1. The highest BCUT2D eigenvalue weighted by molar-refractivity contribution is 5.81. The van der Waals surface area contributed by atoms with E-state index in [2.05, 4.69) is 30.3 Å². The van der Waals surface area contributed by atoms with E-state index in [4.69, 9.17) is 4.74 Å². The fourth-order valence-corrected chi connectivity index (χ4v) is 3.04. The number of piperidine rings is 1. The van der Waals surface area contributed by atoms with Crippen LogP contribution in [0.4, 0.5) is 0 Å². The summed E-state index contributed by atoms with van der Waals surface area (Å²) in [6.07, 6.45) is 2.42. The van der Waals surface area contributed by atoms with Crippen molar-refractivity contribution in [3.63, 3.8) is 0 Å². The van der Waals surface area contributed by atoms with Crippen molar-refractivity contribution < 1.29 is 9.84 Å². The third-order valence-corrected chi connectivity index (χ3v) is 4.47. The first kappa shape index (κ1) is 15.8. The van der Waals surface area contributed by atoms with Crippen LogP contribution in [0.3, 0.4) is 0 Å². The zero-order valence-electron chi connectivity index (χ0n) is 13.8. The summed E-state index contributed by atoms with van der Waals surface area (Å²) in [4.78, 5) is 6.87. The average molecular weight is 312 g/mol. The van der Waals surface area contributed by atoms with E-state index >= 15 is 0 Å². The fraction of sp³-hybridized carbons (Fsp3) is 0.421. The number of aliphatic hydroxyl groups excluding tert-OH is 1.